The Bertz CT molecular complexity index is 306. The van der Waals surface area contributed by atoms with Crippen molar-refractivity contribution in [2.75, 3.05) is 20.3 Å². The number of hydrogen-bond donors (Lipinski definition) is 0. The highest BCUT2D eigenvalue weighted by Crippen LogP contribution is 2.31. The first-order valence-corrected chi connectivity index (χ1v) is 5.74. The third kappa shape index (κ3) is 2.51. The normalized spacial score (nSPS) is 19.1. The molecule has 0 N–H and O–H groups in total. The van der Waals surface area contributed by atoms with Crippen molar-refractivity contribution in [1.29, 1.82) is 0 Å². The average Bonchev–Trinajstić information content (AvgIpc) is 2.82. The third-order valence-corrected chi connectivity index (χ3v) is 3.28. The summed E-state index contributed by atoms with van der Waals surface area (Å²) in [7, 11) is 1.66. The van der Waals surface area contributed by atoms with E-state index in [1.165, 1.54) is 0 Å². The second-order valence-corrected chi connectivity index (χ2v) is 4.27. The predicted octanol–water partition coefficient (Wildman–Crippen LogP) is 2.50. The maximum atomic E-state index is 5.43. The second-order valence-electron chi connectivity index (χ2n) is 3.28. The lowest BCUT2D eigenvalue weighted by Crippen LogP contribution is -2.14. The van der Waals surface area contributed by atoms with Crippen molar-refractivity contribution in [1.82, 2.24) is 0 Å². The van der Waals surface area contributed by atoms with Gasteiger partial charge in [0, 0.05) is 0 Å². The van der Waals surface area contributed by atoms with Crippen LogP contribution in [0.2, 0.25) is 0 Å². The molecule has 1 aliphatic rings. The fourth-order valence-electron chi connectivity index (χ4n) is 1.49. The van der Waals surface area contributed by atoms with E-state index in [0.29, 0.717) is 13.2 Å². The fourth-order valence-corrected chi connectivity index (χ4v) is 2.10. The number of halogens is 1. The minimum atomic E-state index is -0.182. The summed E-state index contributed by atoms with van der Waals surface area (Å²) in [6, 6.07) is 7.86. The largest absolute Gasteiger partial charge is 0.497 e. The fraction of sp³-hybridized carbons (Fsp3) is 0.455. The molecular weight excluding hydrogens is 260 g/mol. The van der Waals surface area contributed by atoms with Gasteiger partial charge < -0.3 is 14.2 Å². The summed E-state index contributed by atoms with van der Waals surface area (Å²) in [5.74, 6) is 0.853. The quantitative estimate of drug-likeness (QED) is 0.792. The van der Waals surface area contributed by atoms with Gasteiger partial charge in [-0.3, -0.25) is 0 Å². The molecule has 1 fully saturated rings. The molecule has 0 radical (unpaired) electrons. The molecule has 4 heteroatoms. The molecule has 0 amide bonds. The number of alkyl halides is 1. The molecule has 1 saturated heterocycles. The van der Waals surface area contributed by atoms with Crippen LogP contribution < -0.4 is 4.74 Å². The van der Waals surface area contributed by atoms with Gasteiger partial charge in [-0.15, -0.1) is 0 Å². The Morgan fingerprint density at radius 1 is 1.27 bits per heavy atom. The van der Waals surface area contributed by atoms with E-state index in [4.69, 9.17) is 14.2 Å². The van der Waals surface area contributed by atoms with Crippen LogP contribution >= 0.6 is 15.9 Å². The van der Waals surface area contributed by atoms with E-state index in [1.54, 1.807) is 7.11 Å². The Morgan fingerprint density at radius 3 is 2.40 bits per heavy atom. The lowest BCUT2D eigenvalue weighted by molar-refractivity contribution is -0.0408. The smallest absolute Gasteiger partial charge is 0.174 e. The summed E-state index contributed by atoms with van der Waals surface area (Å²) in [5, 5.41) is 0. The van der Waals surface area contributed by atoms with E-state index in [9.17, 15) is 0 Å². The highest BCUT2D eigenvalue weighted by atomic mass is 79.9. The monoisotopic (exact) mass is 272 g/mol. The molecule has 1 aromatic carbocycles. The molecule has 0 spiro atoms. The Labute approximate surface area is 97.5 Å². The molecule has 2 rings (SSSR count). The first kappa shape index (κ1) is 10.9. The maximum absolute atomic E-state index is 5.43. The van der Waals surface area contributed by atoms with Crippen LogP contribution in [-0.4, -0.2) is 26.6 Å². The van der Waals surface area contributed by atoms with Crippen LogP contribution in [0.5, 0.6) is 5.75 Å². The van der Waals surface area contributed by atoms with Crippen LogP contribution in [-0.2, 0) is 9.47 Å². The zero-order valence-electron chi connectivity index (χ0n) is 8.48. The van der Waals surface area contributed by atoms with Crippen molar-refractivity contribution in [3.63, 3.8) is 0 Å². The Kier molecular flexibility index (Phi) is 3.61. The molecule has 0 saturated carbocycles. The van der Waals surface area contributed by atoms with Crippen LogP contribution in [0.4, 0.5) is 0 Å². The molecule has 1 unspecified atom stereocenters. The summed E-state index contributed by atoms with van der Waals surface area (Å²) < 4.78 is 15.9. The van der Waals surface area contributed by atoms with Crippen molar-refractivity contribution >= 4 is 15.9 Å². The van der Waals surface area contributed by atoms with Crippen molar-refractivity contribution in [2.24, 2.45) is 0 Å². The molecule has 1 atom stereocenters. The molecular formula is C11H13BrO3. The number of ether oxygens (including phenoxy) is 3. The molecule has 82 valence electrons. The number of rotatable bonds is 3. The zero-order chi connectivity index (χ0) is 10.7. The van der Waals surface area contributed by atoms with Gasteiger partial charge in [0.15, 0.2) is 6.29 Å². The van der Waals surface area contributed by atoms with Crippen molar-refractivity contribution in [3.8, 4) is 5.75 Å². The first-order valence-electron chi connectivity index (χ1n) is 4.82. The van der Waals surface area contributed by atoms with Gasteiger partial charge in [0.2, 0.25) is 0 Å². The van der Waals surface area contributed by atoms with Gasteiger partial charge >= 0.3 is 0 Å². The Morgan fingerprint density at radius 2 is 1.87 bits per heavy atom. The highest BCUT2D eigenvalue weighted by Gasteiger charge is 2.25. The zero-order valence-corrected chi connectivity index (χ0v) is 10.1. The van der Waals surface area contributed by atoms with E-state index in [-0.39, 0.29) is 11.1 Å². The van der Waals surface area contributed by atoms with Gasteiger partial charge in [-0.05, 0) is 17.7 Å². The molecule has 0 bridgehead atoms. The third-order valence-electron chi connectivity index (χ3n) is 2.32. The summed E-state index contributed by atoms with van der Waals surface area (Å²) >= 11 is 3.57. The average molecular weight is 273 g/mol. The molecule has 0 aromatic heterocycles. The summed E-state index contributed by atoms with van der Waals surface area (Å²) in [5.41, 5.74) is 1.13. The number of hydrogen-bond acceptors (Lipinski definition) is 3. The van der Waals surface area contributed by atoms with E-state index < -0.39 is 0 Å². The maximum Gasteiger partial charge on any atom is 0.174 e. The number of benzene rings is 1. The van der Waals surface area contributed by atoms with Gasteiger partial charge in [-0.25, -0.2) is 0 Å². The van der Waals surface area contributed by atoms with Crippen LogP contribution in [0, 0.1) is 0 Å². The SMILES string of the molecule is COc1ccc(C(Br)C2OCCO2)cc1. The van der Waals surface area contributed by atoms with E-state index in [0.717, 1.165) is 11.3 Å². The standard InChI is InChI=1S/C11H13BrO3/c1-13-9-4-2-8(3-5-9)10(12)11-14-6-7-15-11/h2-5,10-11H,6-7H2,1H3. The highest BCUT2D eigenvalue weighted by molar-refractivity contribution is 9.09. The summed E-state index contributed by atoms with van der Waals surface area (Å²) in [4.78, 5) is 0.0749. The molecule has 15 heavy (non-hydrogen) atoms. The van der Waals surface area contributed by atoms with Gasteiger partial charge in [-0.2, -0.15) is 0 Å². The minimum Gasteiger partial charge on any atom is -0.497 e. The summed E-state index contributed by atoms with van der Waals surface area (Å²) in [6.45, 7) is 1.34. The molecule has 1 heterocycles. The van der Waals surface area contributed by atoms with Crippen molar-refractivity contribution < 1.29 is 14.2 Å². The van der Waals surface area contributed by atoms with Crippen LogP contribution in [0.25, 0.3) is 0 Å². The second kappa shape index (κ2) is 4.96. The topological polar surface area (TPSA) is 27.7 Å². The van der Waals surface area contributed by atoms with Crippen LogP contribution in [0.15, 0.2) is 24.3 Å². The van der Waals surface area contributed by atoms with Gasteiger partial charge in [0.05, 0.1) is 25.2 Å². The Balaban J connectivity index is 2.07. The van der Waals surface area contributed by atoms with Gasteiger partial charge in [-0.1, -0.05) is 28.1 Å². The number of methoxy groups -OCH3 is 1. The van der Waals surface area contributed by atoms with Crippen molar-refractivity contribution in [2.45, 2.75) is 11.1 Å². The van der Waals surface area contributed by atoms with Gasteiger partial charge in [0.1, 0.15) is 5.75 Å². The minimum absolute atomic E-state index is 0.0749. The van der Waals surface area contributed by atoms with E-state index in [2.05, 4.69) is 15.9 Å². The van der Waals surface area contributed by atoms with E-state index in [1.807, 2.05) is 24.3 Å². The Hall–Kier alpha value is -0.580. The van der Waals surface area contributed by atoms with E-state index >= 15 is 0 Å². The van der Waals surface area contributed by atoms with Crippen LogP contribution in [0.3, 0.4) is 0 Å². The van der Waals surface area contributed by atoms with Gasteiger partial charge in [0.25, 0.3) is 0 Å². The lowest BCUT2D eigenvalue weighted by atomic mass is 10.1. The molecule has 0 aliphatic carbocycles. The van der Waals surface area contributed by atoms with Crippen LogP contribution in [0.1, 0.15) is 10.4 Å². The molecule has 1 aromatic rings. The lowest BCUT2D eigenvalue weighted by Gasteiger charge is -2.16. The molecule has 1 aliphatic heterocycles. The first-order chi connectivity index (χ1) is 7.31. The van der Waals surface area contributed by atoms with Crippen molar-refractivity contribution in [3.05, 3.63) is 29.8 Å². The molecule has 3 nitrogen and oxygen atoms in total. The summed E-state index contributed by atoms with van der Waals surface area (Å²) in [6.07, 6.45) is -0.182. The predicted molar refractivity (Wildman–Crippen MR) is 60.4 cm³/mol.